The molecule has 2 aromatic carbocycles. The highest BCUT2D eigenvalue weighted by Crippen LogP contribution is 2.41. The minimum atomic E-state index is 0.525. The maximum Gasteiger partial charge on any atom is 0.203 e. The number of nitrogens with two attached hydrogens (primary N) is 1. The van der Waals surface area contributed by atoms with Gasteiger partial charge in [-0.1, -0.05) is 6.07 Å². The second-order valence-corrected chi connectivity index (χ2v) is 5.06. The van der Waals surface area contributed by atoms with Crippen molar-refractivity contribution >= 4 is 5.57 Å². The van der Waals surface area contributed by atoms with Gasteiger partial charge in [0.25, 0.3) is 0 Å². The van der Waals surface area contributed by atoms with Crippen LogP contribution in [0.4, 0.5) is 0 Å². The first-order valence-corrected chi connectivity index (χ1v) is 7.58. The number of hydrogen-bond donors (Lipinski definition) is 1. The van der Waals surface area contributed by atoms with Crippen molar-refractivity contribution in [2.75, 3.05) is 35.5 Å². The summed E-state index contributed by atoms with van der Waals surface area (Å²) in [6, 6.07) is 9.28. The van der Waals surface area contributed by atoms with Gasteiger partial charge in [0.1, 0.15) is 0 Å². The van der Waals surface area contributed by atoms with Gasteiger partial charge in [0.05, 0.1) is 35.5 Å². The lowest BCUT2D eigenvalue weighted by Crippen LogP contribution is -1.99. The van der Waals surface area contributed by atoms with Crippen molar-refractivity contribution in [3.63, 3.8) is 0 Å². The Hall–Kier alpha value is -3.02. The minimum Gasteiger partial charge on any atom is -0.493 e. The molecule has 2 aromatic rings. The zero-order valence-corrected chi connectivity index (χ0v) is 15.1. The van der Waals surface area contributed by atoms with Crippen molar-refractivity contribution in [2.24, 2.45) is 5.73 Å². The van der Waals surface area contributed by atoms with Crippen molar-refractivity contribution in [3.05, 3.63) is 47.7 Å². The smallest absolute Gasteiger partial charge is 0.203 e. The van der Waals surface area contributed by atoms with E-state index in [0.29, 0.717) is 28.7 Å². The lowest BCUT2D eigenvalue weighted by Gasteiger charge is -2.16. The second kappa shape index (κ2) is 8.19. The summed E-state index contributed by atoms with van der Waals surface area (Å²) in [5.41, 5.74) is 8.39. The molecule has 0 saturated carbocycles. The van der Waals surface area contributed by atoms with E-state index < -0.39 is 0 Å². The van der Waals surface area contributed by atoms with Crippen molar-refractivity contribution in [1.82, 2.24) is 0 Å². The Labute approximate surface area is 147 Å². The predicted molar refractivity (Wildman–Crippen MR) is 96.9 cm³/mol. The fourth-order valence-corrected chi connectivity index (χ4v) is 2.60. The van der Waals surface area contributed by atoms with Gasteiger partial charge in [-0.25, -0.2) is 0 Å². The van der Waals surface area contributed by atoms with E-state index in [9.17, 15) is 0 Å². The Morgan fingerprint density at radius 1 is 0.680 bits per heavy atom. The Kier molecular flexibility index (Phi) is 6.00. The number of rotatable bonds is 7. The van der Waals surface area contributed by atoms with Crippen LogP contribution in [0.5, 0.6) is 28.7 Å². The molecule has 6 heteroatoms. The molecule has 2 rings (SSSR count). The van der Waals surface area contributed by atoms with Crippen LogP contribution >= 0.6 is 0 Å². The summed E-state index contributed by atoms with van der Waals surface area (Å²) in [5.74, 6) is 2.89. The topological polar surface area (TPSA) is 72.2 Å². The summed E-state index contributed by atoms with van der Waals surface area (Å²) in [6.07, 6.45) is 1.53. The van der Waals surface area contributed by atoms with E-state index in [1.165, 1.54) is 6.20 Å². The van der Waals surface area contributed by atoms with Gasteiger partial charge in [-0.3, -0.25) is 0 Å². The molecule has 0 atom stereocenters. The van der Waals surface area contributed by atoms with Crippen LogP contribution < -0.4 is 29.4 Å². The molecule has 0 bridgehead atoms. The normalized spacial score (nSPS) is 11.0. The monoisotopic (exact) mass is 345 g/mol. The lowest BCUT2D eigenvalue weighted by atomic mass is 9.97. The Morgan fingerprint density at radius 2 is 1.20 bits per heavy atom. The van der Waals surface area contributed by atoms with Crippen LogP contribution in [0, 0.1) is 0 Å². The third kappa shape index (κ3) is 3.57. The molecular weight excluding hydrogens is 322 g/mol. The molecule has 0 aliphatic rings. The average molecular weight is 345 g/mol. The summed E-state index contributed by atoms with van der Waals surface area (Å²) in [7, 11) is 7.89. The fraction of sp³-hybridized carbons (Fsp3) is 0.263. The first-order chi connectivity index (χ1) is 12.1. The average Bonchev–Trinajstić information content (AvgIpc) is 2.67. The SMILES string of the molecule is COc1ccc(C(=CN)c2cc(OC)c(OC)c(OC)c2)cc1OC. The maximum atomic E-state index is 5.91. The minimum absolute atomic E-state index is 0.525. The van der Waals surface area contributed by atoms with Gasteiger partial charge in [0, 0.05) is 11.8 Å². The van der Waals surface area contributed by atoms with Gasteiger partial charge < -0.3 is 29.4 Å². The predicted octanol–water partition coefficient (Wildman–Crippen LogP) is 3.08. The zero-order chi connectivity index (χ0) is 18.4. The van der Waals surface area contributed by atoms with Crippen LogP contribution in [0.15, 0.2) is 36.5 Å². The molecule has 0 heterocycles. The Balaban J connectivity index is 2.59. The van der Waals surface area contributed by atoms with Gasteiger partial charge in [-0.05, 0) is 35.4 Å². The number of methoxy groups -OCH3 is 5. The van der Waals surface area contributed by atoms with Gasteiger partial charge in [-0.15, -0.1) is 0 Å². The molecule has 6 nitrogen and oxygen atoms in total. The zero-order valence-electron chi connectivity index (χ0n) is 15.1. The van der Waals surface area contributed by atoms with Crippen molar-refractivity contribution < 1.29 is 23.7 Å². The molecule has 0 aromatic heterocycles. The van der Waals surface area contributed by atoms with E-state index in [4.69, 9.17) is 29.4 Å². The van der Waals surface area contributed by atoms with Crippen molar-refractivity contribution in [2.45, 2.75) is 0 Å². The molecule has 0 fully saturated rings. The van der Waals surface area contributed by atoms with Crippen LogP contribution in [0.25, 0.3) is 5.57 Å². The summed E-state index contributed by atoms with van der Waals surface area (Å²) in [4.78, 5) is 0. The number of hydrogen-bond acceptors (Lipinski definition) is 6. The summed E-state index contributed by atoms with van der Waals surface area (Å²) >= 11 is 0. The lowest BCUT2D eigenvalue weighted by molar-refractivity contribution is 0.324. The van der Waals surface area contributed by atoms with Crippen LogP contribution in [-0.4, -0.2) is 35.5 Å². The molecule has 0 amide bonds. The van der Waals surface area contributed by atoms with Crippen LogP contribution in [0.2, 0.25) is 0 Å². The standard InChI is InChI=1S/C19H23NO5/c1-21-15-7-6-12(8-16(15)22-2)14(11-20)13-9-17(23-3)19(25-5)18(10-13)24-4/h6-11H,20H2,1-5H3. The molecule has 134 valence electrons. The largest absolute Gasteiger partial charge is 0.493 e. The molecule has 2 N–H and O–H groups in total. The van der Waals surface area contributed by atoms with E-state index in [2.05, 4.69) is 0 Å². The maximum absolute atomic E-state index is 5.91. The van der Waals surface area contributed by atoms with E-state index in [1.807, 2.05) is 30.3 Å². The Bertz CT molecular complexity index is 745. The van der Waals surface area contributed by atoms with E-state index in [-0.39, 0.29) is 0 Å². The highest BCUT2D eigenvalue weighted by molar-refractivity contribution is 5.82. The van der Waals surface area contributed by atoms with Crippen molar-refractivity contribution in [1.29, 1.82) is 0 Å². The fourth-order valence-electron chi connectivity index (χ4n) is 2.60. The quantitative estimate of drug-likeness (QED) is 0.831. The highest BCUT2D eigenvalue weighted by Gasteiger charge is 2.17. The highest BCUT2D eigenvalue weighted by atomic mass is 16.5. The summed E-state index contributed by atoms with van der Waals surface area (Å²) in [5, 5.41) is 0. The summed E-state index contributed by atoms with van der Waals surface area (Å²) < 4.78 is 26.8. The number of benzene rings is 2. The van der Waals surface area contributed by atoms with Crippen molar-refractivity contribution in [3.8, 4) is 28.7 Å². The van der Waals surface area contributed by atoms with Crippen LogP contribution in [0.3, 0.4) is 0 Å². The van der Waals surface area contributed by atoms with Gasteiger partial charge in [-0.2, -0.15) is 0 Å². The molecule has 0 unspecified atom stereocenters. The van der Waals surface area contributed by atoms with E-state index in [1.54, 1.807) is 35.5 Å². The second-order valence-electron chi connectivity index (χ2n) is 5.06. The van der Waals surface area contributed by atoms with E-state index in [0.717, 1.165) is 16.7 Å². The van der Waals surface area contributed by atoms with Gasteiger partial charge in [0.2, 0.25) is 5.75 Å². The molecule has 0 radical (unpaired) electrons. The van der Waals surface area contributed by atoms with Crippen LogP contribution in [-0.2, 0) is 0 Å². The molecule has 0 aliphatic heterocycles. The third-order valence-electron chi connectivity index (χ3n) is 3.84. The van der Waals surface area contributed by atoms with Crippen LogP contribution in [0.1, 0.15) is 11.1 Å². The summed E-state index contributed by atoms with van der Waals surface area (Å²) in [6.45, 7) is 0. The van der Waals surface area contributed by atoms with Gasteiger partial charge >= 0.3 is 0 Å². The first kappa shape index (κ1) is 18.3. The molecule has 25 heavy (non-hydrogen) atoms. The molecular formula is C19H23NO5. The first-order valence-electron chi connectivity index (χ1n) is 7.58. The van der Waals surface area contributed by atoms with Gasteiger partial charge in [0.15, 0.2) is 23.0 Å². The molecule has 0 aliphatic carbocycles. The molecule has 0 spiro atoms. The Morgan fingerprint density at radius 3 is 1.64 bits per heavy atom. The third-order valence-corrected chi connectivity index (χ3v) is 3.84. The molecule has 0 saturated heterocycles. The number of ether oxygens (including phenoxy) is 5. The van der Waals surface area contributed by atoms with E-state index >= 15 is 0 Å².